The van der Waals surface area contributed by atoms with Gasteiger partial charge in [-0.2, -0.15) is 0 Å². The molecule has 0 unspecified atom stereocenters. The Balaban J connectivity index is 2.22. The maximum absolute atomic E-state index is 4.10. The Bertz CT molecular complexity index is 1090. The van der Waals surface area contributed by atoms with Crippen molar-refractivity contribution in [3.63, 3.8) is 0 Å². The fraction of sp³-hybridized carbons (Fsp3) is 0.304. The van der Waals surface area contributed by atoms with Crippen LogP contribution < -0.4 is 0 Å². The molecule has 4 rings (SSSR count). The minimum Gasteiger partial charge on any atom is -0.338 e. The van der Waals surface area contributed by atoms with Gasteiger partial charge in [0, 0.05) is 22.9 Å². The molecule has 0 radical (unpaired) electrons. The number of para-hydroxylation sites is 2. The molecule has 2 aromatic heterocycles. The monoisotopic (exact) mass is 330 g/mol. The van der Waals surface area contributed by atoms with Crippen molar-refractivity contribution in [2.75, 3.05) is 0 Å². The summed E-state index contributed by atoms with van der Waals surface area (Å²) in [5.41, 5.74) is 6.59. The van der Waals surface area contributed by atoms with Crippen LogP contribution in [0.1, 0.15) is 34.1 Å². The van der Waals surface area contributed by atoms with E-state index in [0.717, 1.165) is 13.0 Å². The van der Waals surface area contributed by atoms with Gasteiger partial charge in [0.05, 0.1) is 22.1 Å². The van der Waals surface area contributed by atoms with Crippen molar-refractivity contribution < 1.29 is 0 Å². The molecule has 0 spiro atoms. The summed E-state index contributed by atoms with van der Waals surface area (Å²) < 4.78 is 5.00. The lowest BCUT2D eigenvalue weighted by Crippen LogP contribution is -2.21. The molecule has 0 aliphatic carbocycles. The van der Waals surface area contributed by atoms with Crippen LogP contribution in [-0.4, -0.2) is 9.13 Å². The highest BCUT2D eigenvalue weighted by atomic mass is 15.1. The normalized spacial score (nSPS) is 12.5. The van der Waals surface area contributed by atoms with Crippen molar-refractivity contribution in [3.8, 4) is 0 Å². The molecule has 0 fully saturated rings. The number of nitrogens with zero attached hydrogens (tertiary/aromatic N) is 2. The number of rotatable bonds is 3. The zero-order valence-corrected chi connectivity index (χ0v) is 15.6. The van der Waals surface area contributed by atoms with E-state index in [1.807, 2.05) is 0 Å². The number of aryl methyl sites for hydroxylation is 1. The lowest BCUT2D eigenvalue weighted by Gasteiger charge is -2.24. The van der Waals surface area contributed by atoms with Crippen LogP contribution in [0.15, 0.2) is 60.7 Å². The van der Waals surface area contributed by atoms with Gasteiger partial charge in [-0.05, 0) is 46.2 Å². The molecule has 25 heavy (non-hydrogen) atoms. The number of allylic oxidation sites excluding steroid dienone is 1. The van der Waals surface area contributed by atoms with Crippen LogP contribution in [0, 0.1) is 0 Å². The maximum Gasteiger partial charge on any atom is 0.0758 e. The highest BCUT2D eigenvalue weighted by Gasteiger charge is 2.25. The van der Waals surface area contributed by atoms with Crippen molar-refractivity contribution in [1.29, 1.82) is 0 Å². The van der Waals surface area contributed by atoms with Gasteiger partial charge in [0.25, 0.3) is 0 Å². The average Bonchev–Trinajstić information content (AvgIpc) is 3.05. The Morgan fingerprint density at radius 2 is 1.44 bits per heavy atom. The molecule has 0 aliphatic heterocycles. The predicted molar refractivity (Wildman–Crippen MR) is 109 cm³/mol. The molecule has 128 valence electrons. The Labute approximate surface area is 149 Å². The standard InChI is InChI=1S/C23H26N2/c1-16(2)14-15-24-19-12-8-6-10-17(19)22-21(24)18-11-7-9-13-20(18)25(22)23(3,4)5/h6-13H,1,14-15H2,2-5H3. The zero-order valence-electron chi connectivity index (χ0n) is 15.6. The summed E-state index contributed by atoms with van der Waals surface area (Å²) in [4.78, 5) is 0. The first-order chi connectivity index (χ1) is 11.9. The third-order valence-corrected chi connectivity index (χ3v) is 5.00. The van der Waals surface area contributed by atoms with Crippen molar-refractivity contribution >= 4 is 32.8 Å². The highest BCUT2D eigenvalue weighted by Crippen LogP contribution is 2.40. The van der Waals surface area contributed by atoms with Crippen LogP contribution >= 0.6 is 0 Å². The molecule has 2 heteroatoms. The Morgan fingerprint density at radius 3 is 2.04 bits per heavy atom. The largest absolute Gasteiger partial charge is 0.338 e. The van der Waals surface area contributed by atoms with E-state index in [9.17, 15) is 0 Å². The highest BCUT2D eigenvalue weighted by molar-refractivity contribution is 6.18. The average molecular weight is 330 g/mol. The van der Waals surface area contributed by atoms with E-state index in [-0.39, 0.29) is 5.54 Å². The van der Waals surface area contributed by atoms with Crippen molar-refractivity contribution in [2.24, 2.45) is 0 Å². The summed E-state index contributed by atoms with van der Waals surface area (Å²) in [5, 5.41) is 2.68. The first kappa shape index (κ1) is 16.0. The Kier molecular flexibility index (Phi) is 3.54. The lowest BCUT2D eigenvalue weighted by molar-refractivity contribution is 0.424. The maximum atomic E-state index is 4.10. The van der Waals surface area contributed by atoms with Crippen LogP contribution in [-0.2, 0) is 12.1 Å². The van der Waals surface area contributed by atoms with Crippen LogP contribution in [0.3, 0.4) is 0 Å². The summed E-state index contributed by atoms with van der Waals surface area (Å²) >= 11 is 0. The quantitative estimate of drug-likeness (QED) is 0.381. The summed E-state index contributed by atoms with van der Waals surface area (Å²) in [6.07, 6.45) is 1.00. The second-order valence-corrected chi connectivity index (χ2v) is 8.10. The molecular formula is C23H26N2. The van der Waals surface area contributed by atoms with Gasteiger partial charge >= 0.3 is 0 Å². The van der Waals surface area contributed by atoms with Crippen molar-refractivity contribution in [2.45, 2.75) is 46.2 Å². The van der Waals surface area contributed by atoms with Crippen LogP contribution in [0.25, 0.3) is 32.8 Å². The van der Waals surface area contributed by atoms with Crippen LogP contribution in [0.4, 0.5) is 0 Å². The van der Waals surface area contributed by atoms with Gasteiger partial charge in [-0.3, -0.25) is 0 Å². The van der Waals surface area contributed by atoms with E-state index in [2.05, 4.69) is 91.9 Å². The Hall–Kier alpha value is -2.48. The minimum absolute atomic E-state index is 0.0185. The smallest absolute Gasteiger partial charge is 0.0758 e. The van der Waals surface area contributed by atoms with Gasteiger partial charge < -0.3 is 9.13 Å². The molecule has 2 aromatic carbocycles. The summed E-state index contributed by atoms with van der Waals surface area (Å²) in [5.74, 6) is 0. The lowest BCUT2D eigenvalue weighted by atomic mass is 10.1. The molecule has 2 heterocycles. The molecule has 0 amide bonds. The predicted octanol–water partition coefficient (Wildman–Crippen LogP) is 6.47. The molecule has 2 nitrogen and oxygen atoms in total. The molecule has 0 bridgehead atoms. The molecular weight excluding hydrogens is 304 g/mol. The van der Waals surface area contributed by atoms with Gasteiger partial charge in [0.2, 0.25) is 0 Å². The number of benzene rings is 2. The van der Waals surface area contributed by atoms with Crippen LogP contribution in [0.2, 0.25) is 0 Å². The SMILES string of the molecule is C=C(C)CCn1c2ccccc2c2c1c1ccccc1n2C(C)(C)C. The van der Waals surface area contributed by atoms with Gasteiger partial charge in [-0.1, -0.05) is 42.0 Å². The molecule has 0 saturated carbocycles. The van der Waals surface area contributed by atoms with Crippen molar-refractivity contribution in [1.82, 2.24) is 9.13 Å². The van der Waals surface area contributed by atoms with Crippen LogP contribution in [0.5, 0.6) is 0 Å². The first-order valence-electron chi connectivity index (χ1n) is 9.05. The minimum atomic E-state index is 0.0185. The van der Waals surface area contributed by atoms with E-state index in [1.54, 1.807) is 0 Å². The van der Waals surface area contributed by atoms with Crippen molar-refractivity contribution in [3.05, 3.63) is 60.7 Å². The molecule has 4 aromatic rings. The number of fused-ring (bicyclic) bond motifs is 5. The molecule has 0 aliphatic rings. The molecule has 0 atom stereocenters. The zero-order chi connectivity index (χ0) is 17.8. The summed E-state index contributed by atoms with van der Waals surface area (Å²) in [7, 11) is 0. The fourth-order valence-corrected chi connectivity index (χ4v) is 4.01. The van der Waals surface area contributed by atoms with E-state index in [1.165, 1.54) is 38.4 Å². The third-order valence-electron chi connectivity index (χ3n) is 5.00. The van der Waals surface area contributed by atoms with E-state index in [0.29, 0.717) is 0 Å². The summed E-state index contributed by atoms with van der Waals surface area (Å²) in [6, 6.07) is 17.6. The fourth-order valence-electron chi connectivity index (χ4n) is 4.01. The van der Waals surface area contributed by atoms with Gasteiger partial charge in [-0.25, -0.2) is 0 Å². The second kappa shape index (κ2) is 5.52. The number of hydrogen-bond acceptors (Lipinski definition) is 0. The molecule has 0 N–H and O–H groups in total. The van der Waals surface area contributed by atoms with E-state index in [4.69, 9.17) is 0 Å². The van der Waals surface area contributed by atoms with Gasteiger partial charge in [0.15, 0.2) is 0 Å². The first-order valence-corrected chi connectivity index (χ1v) is 9.05. The third kappa shape index (κ3) is 2.39. The second-order valence-electron chi connectivity index (χ2n) is 8.10. The van der Waals surface area contributed by atoms with E-state index >= 15 is 0 Å². The Morgan fingerprint density at radius 1 is 0.880 bits per heavy atom. The number of aromatic nitrogens is 2. The van der Waals surface area contributed by atoms with Gasteiger partial charge in [-0.15, -0.1) is 6.58 Å². The van der Waals surface area contributed by atoms with Gasteiger partial charge in [0.1, 0.15) is 0 Å². The number of hydrogen-bond donors (Lipinski definition) is 0. The summed E-state index contributed by atoms with van der Waals surface area (Å²) in [6.45, 7) is 14.1. The topological polar surface area (TPSA) is 9.86 Å². The van der Waals surface area contributed by atoms with E-state index < -0.39 is 0 Å². The molecule has 0 saturated heterocycles.